The maximum absolute atomic E-state index is 13.1. The van der Waals surface area contributed by atoms with Crippen LogP contribution in [0.4, 0.5) is 10.1 Å². The smallest absolute Gasteiger partial charge is 0.137 e. The predicted molar refractivity (Wildman–Crippen MR) is 74.1 cm³/mol. The van der Waals surface area contributed by atoms with Crippen LogP contribution in [0.5, 0.6) is 0 Å². The number of nitrogens with one attached hydrogen (secondary N) is 1. The SMILES string of the molecule is CCn1nc(C)cc1CNc1ccc(F)c(Br)c1. The molecule has 0 aliphatic heterocycles. The van der Waals surface area contributed by atoms with Crippen LogP contribution in [-0.2, 0) is 13.1 Å². The van der Waals surface area contributed by atoms with Crippen molar-refractivity contribution in [2.24, 2.45) is 0 Å². The molecule has 1 N–H and O–H groups in total. The minimum absolute atomic E-state index is 0.255. The van der Waals surface area contributed by atoms with E-state index < -0.39 is 0 Å². The van der Waals surface area contributed by atoms with Gasteiger partial charge in [0.2, 0.25) is 0 Å². The van der Waals surface area contributed by atoms with E-state index in [4.69, 9.17) is 0 Å². The average Bonchev–Trinajstić information content (AvgIpc) is 2.71. The lowest BCUT2D eigenvalue weighted by molar-refractivity contribution is 0.619. The van der Waals surface area contributed by atoms with Gasteiger partial charge < -0.3 is 5.32 Å². The van der Waals surface area contributed by atoms with Crippen molar-refractivity contribution in [3.63, 3.8) is 0 Å². The average molecular weight is 312 g/mol. The second kappa shape index (κ2) is 5.52. The highest BCUT2D eigenvalue weighted by molar-refractivity contribution is 9.10. The molecule has 0 unspecified atom stereocenters. The summed E-state index contributed by atoms with van der Waals surface area (Å²) < 4.78 is 15.5. The van der Waals surface area contributed by atoms with Gasteiger partial charge in [0.1, 0.15) is 5.82 Å². The fraction of sp³-hybridized carbons (Fsp3) is 0.308. The lowest BCUT2D eigenvalue weighted by Crippen LogP contribution is -2.07. The van der Waals surface area contributed by atoms with Crippen LogP contribution in [-0.4, -0.2) is 9.78 Å². The Bertz CT molecular complexity index is 551. The summed E-state index contributed by atoms with van der Waals surface area (Å²) in [5.41, 5.74) is 3.01. The van der Waals surface area contributed by atoms with Gasteiger partial charge in [0.25, 0.3) is 0 Å². The van der Waals surface area contributed by atoms with Crippen molar-refractivity contribution < 1.29 is 4.39 Å². The molecule has 1 aromatic carbocycles. The number of nitrogens with zero attached hydrogens (tertiary/aromatic N) is 2. The molecule has 2 rings (SSSR count). The molecule has 0 radical (unpaired) electrons. The van der Waals surface area contributed by atoms with Crippen molar-refractivity contribution in [1.82, 2.24) is 9.78 Å². The van der Waals surface area contributed by atoms with Crippen LogP contribution in [0.25, 0.3) is 0 Å². The van der Waals surface area contributed by atoms with Gasteiger partial charge >= 0.3 is 0 Å². The van der Waals surface area contributed by atoms with Crippen LogP contribution < -0.4 is 5.32 Å². The highest BCUT2D eigenvalue weighted by Crippen LogP contribution is 2.20. The predicted octanol–water partition coefficient (Wildman–Crippen LogP) is 3.73. The molecule has 0 amide bonds. The summed E-state index contributed by atoms with van der Waals surface area (Å²) in [6.45, 7) is 5.55. The van der Waals surface area contributed by atoms with Gasteiger partial charge in [-0.15, -0.1) is 0 Å². The summed E-state index contributed by atoms with van der Waals surface area (Å²) >= 11 is 3.17. The fourth-order valence-corrected chi connectivity index (χ4v) is 2.19. The molecule has 0 spiro atoms. The molecule has 0 saturated heterocycles. The molecule has 1 heterocycles. The number of hydrogen-bond acceptors (Lipinski definition) is 2. The Hall–Kier alpha value is -1.36. The second-order valence-corrected chi connectivity index (χ2v) is 4.93. The molecule has 2 aromatic rings. The molecule has 96 valence electrons. The summed E-state index contributed by atoms with van der Waals surface area (Å²) in [5, 5.41) is 7.64. The summed E-state index contributed by atoms with van der Waals surface area (Å²) in [5.74, 6) is -0.255. The van der Waals surface area contributed by atoms with E-state index in [2.05, 4.69) is 39.3 Å². The molecule has 0 saturated carbocycles. The van der Waals surface area contributed by atoms with Gasteiger partial charge in [-0.2, -0.15) is 5.10 Å². The van der Waals surface area contributed by atoms with E-state index >= 15 is 0 Å². The minimum atomic E-state index is -0.255. The molecular formula is C13H15BrFN3. The van der Waals surface area contributed by atoms with E-state index in [9.17, 15) is 4.39 Å². The fourth-order valence-electron chi connectivity index (χ4n) is 1.81. The zero-order valence-corrected chi connectivity index (χ0v) is 12.0. The third kappa shape index (κ3) is 2.90. The van der Waals surface area contributed by atoms with Gasteiger partial charge in [0, 0.05) is 12.2 Å². The highest BCUT2D eigenvalue weighted by Gasteiger charge is 2.05. The largest absolute Gasteiger partial charge is 0.379 e. The van der Waals surface area contributed by atoms with Gasteiger partial charge in [-0.3, -0.25) is 4.68 Å². The van der Waals surface area contributed by atoms with Crippen molar-refractivity contribution in [2.45, 2.75) is 26.9 Å². The number of anilines is 1. The van der Waals surface area contributed by atoms with Crippen molar-refractivity contribution >= 4 is 21.6 Å². The van der Waals surface area contributed by atoms with Crippen molar-refractivity contribution in [3.8, 4) is 0 Å². The van der Waals surface area contributed by atoms with Crippen LogP contribution in [0.2, 0.25) is 0 Å². The first-order valence-corrected chi connectivity index (χ1v) is 6.61. The number of aryl methyl sites for hydroxylation is 2. The molecule has 0 atom stereocenters. The van der Waals surface area contributed by atoms with E-state index in [0.29, 0.717) is 11.0 Å². The maximum Gasteiger partial charge on any atom is 0.137 e. The lowest BCUT2D eigenvalue weighted by atomic mass is 10.3. The van der Waals surface area contributed by atoms with Crippen LogP contribution in [0.15, 0.2) is 28.7 Å². The molecule has 0 fully saturated rings. The monoisotopic (exact) mass is 311 g/mol. The van der Waals surface area contributed by atoms with Gasteiger partial charge in [-0.25, -0.2) is 4.39 Å². The Morgan fingerprint density at radius 1 is 1.39 bits per heavy atom. The first kappa shape index (κ1) is 13.1. The topological polar surface area (TPSA) is 29.9 Å². The molecule has 0 bridgehead atoms. The van der Waals surface area contributed by atoms with Gasteiger partial charge in [0.05, 0.1) is 22.4 Å². The third-order valence-electron chi connectivity index (χ3n) is 2.68. The first-order chi connectivity index (χ1) is 8.60. The van der Waals surface area contributed by atoms with Crippen LogP contribution >= 0.6 is 15.9 Å². The number of benzene rings is 1. The molecule has 5 heteroatoms. The summed E-state index contributed by atoms with van der Waals surface area (Å²) in [7, 11) is 0. The summed E-state index contributed by atoms with van der Waals surface area (Å²) in [4.78, 5) is 0. The minimum Gasteiger partial charge on any atom is -0.379 e. The zero-order chi connectivity index (χ0) is 13.1. The molecule has 0 aliphatic carbocycles. The zero-order valence-electron chi connectivity index (χ0n) is 10.4. The Labute approximate surface area is 114 Å². The number of aromatic nitrogens is 2. The Kier molecular flexibility index (Phi) is 4.01. The van der Waals surface area contributed by atoms with E-state index in [-0.39, 0.29) is 5.82 Å². The standard InChI is InChI=1S/C13H15BrFN3/c1-3-18-11(6-9(2)17-18)8-16-10-4-5-13(15)12(14)7-10/h4-7,16H,3,8H2,1-2H3. The molecule has 1 aromatic heterocycles. The van der Waals surface area contributed by atoms with Crippen molar-refractivity contribution in [2.75, 3.05) is 5.32 Å². The summed E-state index contributed by atoms with van der Waals surface area (Å²) in [6.07, 6.45) is 0. The molecule has 18 heavy (non-hydrogen) atoms. The Morgan fingerprint density at radius 3 is 2.83 bits per heavy atom. The third-order valence-corrected chi connectivity index (χ3v) is 3.29. The van der Waals surface area contributed by atoms with E-state index in [0.717, 1.165) is 23.6 Å². The number of rotatable bonds is 4. The van der Waals surface area contributed by atoms with E-state index in [1.54, 1.807) is 12.1 Å². The van der Waals surface area contributed by atoms with Crippen molar-refractivity contribution in [3.05, 3.63) is 45.9 Å². The maximum atomic E-state index is 13.1. The first-order valence-electron chi connectivity index (χ1n) is 5.82. The van der Waals surface area contributed by atoms with E-state index in [1.807, 2.05) is 11.6 Å². The lowest BCUT2D eigenvalue weighted by Gasteiger charge is -2.08. The van der Waals surface area contributed by atoms with Crippen LogP contribution in [0, 0.1) is 12.7 Å². The van der Waals surface area contributed by atoms with Gasteiger partial charge in [-0.05, 0) is 54.0 Å². The second-order valence-electron chi connectivity index (χ2n) is 4.08. The normalized spacial score (nSPS) is 10.7. The van der Waals surface area contributed by atoms with Crippen molar-refractivity contribution in [1.29, 1.82) is 0 Å². The molecular weight excluding hydrogens is 297 g/mol. The van der Waals surface area contributed by atoms with Gasteiger partial charge in [0.15, 0.2) is 0 Å². The quantitative estimate of drug-likeness (QED) is 0.932. The highest BCUT2D eigenvalue weighted by atomic mass is 79.9. The summed E-state index contributed by atoms with van der Waals surface area (Å²) in [6, 6.07) is 6.94. The number of hydrogen-bond donors (Lipinski definition) is 1. The molecule has 3 nitrogen and oxygen atoms in total. The Morgan fingerprint density at radius 2 is 2.17 bits per heavy atom. The van der Waals surface area contributed by atoms with Crippen LogP contribution in [0.3, 0.4) is 0 Å². The van der Waals surface area contributed by atoms with Crippen LogP contribution in [0.1, 0.15) is 18.3 Å². The Balaban J connectivity index is 2.08. The molecule has 0 aliphatic rings. The van der Waals surface area contributed by atoms with Gasteiger partial charge in [-0.1, -0.05) is 0 Å². The van der Waals surface area contributed by atoms with E-state index in [1.165, 1.54) is 6.07 Å². The number of halogens is 2.